The fourth-order valence-electron chi connectivity index (χ4n) is 7.32. The van der Waals surface area contributed by atoms with E-state index in [0.29, 0.717) is 42.8 Å². The molecule has 46 heavy (non-hydrogen) atoms. The van der Waals surface area contributed by atoms with E-state index in [2.05, 4.69) is 26.1 Å². The molecule has 5 aliphatic rings. The predicted molar refractivity (Wildman–Crippen MR) is 169 cm³/mol. The summed E-state index contributed by atoms with van der Waals surface area (Å²) in [6.45, 7) is 5.31. The highest BCUT2D eigenvalue weighted by Crippen LogP contribution is 2.60. The Bertz CT molecular complexity index is 1380. The van der Waals surface area contributed by atoms with E-state index in [9.17, 15) is 24.3 Å². The van der Waals surface area contributed by atoms with Crippen LogP contribution in [0.3, 0.4) is 0 Å². The van der Waals surface area contributed by atoms with Crippen molar-refractivity contribution in [3.8, 4) is 0 Å². The van der Waals surface area contributed by atoms with Gasteiger partial charge < -0.3 is 34.4 Å². The molecule has 248 valence electrons. The van der Waals surface area contributed by atoms with Crippen LogP contribution in [-0.2, 0) is 33.4 Å². The fraction of sp³-hybridized carbons (Fsp3) is 0.576. The Hall–Kier alpha value is -3.10. The van der Waals surface area contributed by atoms with E-state index < -0.39 is 60.2 Å². The molecule has 6 rings (SSSR count). The Morgan fingerprint density at radius 1 is 1.07 bits per heavy atom. The Balaban J connectivity index is 1.43. The lowest BCUT2D eigenvalue weighted by atomic mass is 9.74. The van der Waals surface area contributed by atoms with Crippen molar-refractivity contribution in [3.63, 3.8) is 0 Å². The van der Waals surface area contributed by atoms with Crippen LogP contribution < -0.4 is 5.32 Å². The van der Waals surface area contributed by atoms with Gasteiger partial charge in [0.15, 0.2) is 0 Å². The molecule has 1 aromatic rings. The highest BCUT2D eigenvalue weighted by Gasteiger charge is 2.75. The number of allylic oxidation sites excluding steroid dienone is 1. The van der Waals surface area contributed by atoms with Gasteiger partial charge in [-0.25, -0.2) is 0 Å². The van der Waals surface area contributed by atoms with Crippen LogP contribution in [0, 0.1) is 11.8 Å². The number of benzene rings is 1. The molecule has 0 aromatic heterocycles. The van der Waals surface area contributed by atoms with Gasteiger partial charge in [0.1, 0.15) is 29.8 Å². The summed E-state index contributed by atoms with van der Waals surface area (Å²) in [5.74, 6) is -3.69. The van der Waals surface area contributed by atoms with Gasteiger partial charge in [0.05, 0.1) is 38.3 Å². The van der Waals surface area contributed by atoms with Crippen molar-refractivity contribution in [1.29, 1.82) is 0 Å². The van der Waals surface area contributed by atoms with Crippen molar-refractivity contribution in [1.82, 2.24) is 20.0 Å². The predicted octanol–water partition coefficient (Wildman–Crippen LogP) is 1.15. The summed E-state index contributed by atoms with van der Waals surface area (Å²) in [5, 5.41) is 13.6. The minimum atomic E-state index is -1.46. The highest BCUT2D eigenvalue weighted by atomic mass is 79.9. The lowest BCUT2D eigenvalue weighted by Gasteiger charge is -2.39. The molecule has 5 aliphatic heterocycles. The molecule has 3 saturated heterocycles. The number of amides is 3. The van der Waals surface area contributed by atoms with Crippen molar-refractivity contribution < 1.29 is 38.5 Å². The third kappa shape index (κ3) is 6.15. The van der Waals surface area contributed by atoms with Crippen LogP contribution in [0.5, 0.6) is 0 Å². The van der Waals surface area contributed by atoms with E-state index in [1.54, 1.807) is 17.9 Å². The number of fused-ring (bicyclic) bond motifs is 2. The average molecular weight is 702 g/mol. The second-order valence-corrected chi connectivity index (χ2v) is 13.4. The van der Waals surface area contributed by atoms with E-state index in [1.165, 1.54) is 4.90 Å². The average Bonchev–Trinajstić information content (AvgIpc) is 3.65. The van der Waals surface area contributed by atoms with E-state index >= 15 is 0 Å². The van der Waals surface area contributed by atoms with E-state index in [4.69, 9.17) is 14.2 Å². The maximum absolute atomic E-state index is 15.0. The van der Waals surface area contributed by atoms with Crippen molar-refractivity contribution in [3.05, 3.63) is 58.6 Å². The van der Waals surface area contributed by atoms with Gasteiger partial charge in [0, 0.05) is 43.6 Å². The fourth-order valence-corrected chi connectivity index (χ4v) is 8.06. The monoisotopic (exact) mass is 700 g/mol. The van der Waals surface area contributed by atoms with Gasteiger partial charge in [0.25, 0.3) is 0 Å². The van der Waals surface area contributed by atoms with Crippen molar-refractivity contribution >= 4 is 39.6 Å². The lowest BCUT2D eigenvalue weighted by molar-refractivity contribution is -0.159. The first kappa shape index (κ1) is 32.8. The number of morpholine rings is 1. The largest absolute Gasteiger partial charge is 0.460 e. The number of carbonyl (C=O) groups is 4. The number of likely N-dealkylation sites (tertiary alicyclic amines) is 1. The minimum Gasteiger partial charge on any atom is -0.460 e. The SMILES string of the molecule is C[C@@H]1CNC(=O)CC/C=C\CN(CCN2CCOCC2)C(=O)[C@@H]2N([C@H](CO)c3ccccc3)C(=O)[C@H]3[C@H](C(=O)O1)[C@H]1O[C@@]23C=C1Br. The van der Waals surface area contributed by atoms with E-state index in [0.717, 1.165) is 13.1 Å². The first-order valence-corrected chi connectivity index (χ1v) is 16.8. The van der Waals surface area contributed by atoms with Crippen LogP contribution in [0.4, 0.5) is 0 Å². The Labute approximate surface area is 276 Å². The maximum atomic E-state index is 15.0. The molecular formula is C33H41BrN4O8. The highest BCUT2D eigenvalue weighted by molar-refractivity contribution is 9.11. The van der Waals surface area contributed by atoms with Gasteiger partial charge in [-0.2, -0.15) is 0 Å². The molecule has 12 nitrogen and oxygen atoms in total. The van der Waals surface area contributed by atoms with Crippen molar-refractivity contribution in [2.45, 2.75) is 49.7 Å². The molecular weight excluding hydrogens is 660 g/mol. The van der Waals surface area contributed by atoms with Crippen LogP contribution in [0.15, 0.2) is 53.0 Å². The molecule has 5 heterocycles. The molecule has 1 aromatic carbocycles. The van der Waals surface area contributed by atoms with Gasteiger partial charge >= 0.3 is 5.97 Å². The zero-order chi connectivity index (χ0) is 32.4. The van der Waals surface area contributed by atoms with Gasteiger partial charge in [-0.15, -0.1) is 0 Å². The summed E-state index contributed by atoms with van der Waals surface area (Å²) in [6.07, 6.45) is 4.76. The molecule has 3 amide bonds. The first-order chi connectivity index (χ1) is 22.2. The molecule has 0 radical (unpaired) electrons. The smallest absolute Gasteiger partial charge is 0.313 e. The maximum Gasteiger partial charge on any atom is 0.313 e. The Morgan fingerprint density at radius 3 is 2.57 bits per heavy atom. The summed E-state index contributed by atoms with van der Waals surface area (Å²) in [6, 6.07) is 7.08. The minimum absolute atomic E-state index is 0.121. The quantitative estimate of drug-likeness (QED) is 0.331. The summed E-state index contributed by atoms with van der Waals surface area (Å²) in [5.41, 5.74) is -0.800. The molecule has 5 bridgehead atoms. The lowest BCUT2D eigenvalue weighted by Crippen LogP contribution is -2.57. The van der Waals surface area contributed by atoms with Crippen molar-refractivity contribution in [2.75, 3.05) is 59.1 Å². The van der Waals surface area contributed by atoms with E-state index in [-0.39, 0.29) is 31.3 Å². The third-order valence-corrected chi connectivity index (χ3v) is 10.3. The molecule has 7 atom stereocenters. The molecule has 2 N–H and O–H groups in total. The number of cyclic esters (lactones) is 1. The van der Waals surface area contributed by atoms with Crippen molar-refractivity contribution in [2.24, 2.45) is 11.8 Å². The van der Waals surface area contributed by atoms with Crippen LogP contribution in [0.1, 0.15) is 31.4 Å². The molecule has 0 unspecified atom stereocenters. The zero-order valence-corrected chi connectivity index (χ0v) is 27.5. The van der Waals surface area contributed by atoms with E-state index in [1.807, 2.05) is 42.5 Å². The zero-order valence-electron chi connectivity index (χ0n) is 25.9. The summed E-state index contributed by atoms with van der Waals surface area (Å²) in [7, 11) is 0. The number of nitrogens with zero attached hydrogens (tertiary/aromatic N) is 3. The standard InChI is InChI=1S/C33H41BrN4O8/c1-21-19-35-25(40)10-6-3-7-11-37(13-12-36-14-16-44-17-15-36)31(42)29-33-18-23(34)28(46-33)26(32(43)45-21)27(33)30(41)38(29)24(20-39)22-8-4-2-5-9-22/h2-5,7-9,18,21,24,26-29,39H,6,10-17,19-20H2,1H3,(H,35,40)/b7-3-/t21-,24-,26+,27-,28+,29+,33-/m1/s1. The first-order valence-electron chi connectivity index (χ1n) is 16.0. The normalized spacial score (nSPS) is 33.8. The molecule has 0 aliphatic carbocycles. The van der Waals surface area contributed by atoms with Gasteiger partial charge in [-0.3, -0.25) is 24.1 Å². The number of aliphatic hydroxyl groups is 1. The summed E-state index contributed by atoms with van der Waals surface area (Å²) >= 11 is 3.57. The second kappa shape index (κ2) is 13.9. The second-order valence-electron chi connectivity index (χ2n) is 12.5. The Kier molecular flexibility index (Phi) is 9.95. The van der Waals surface area contributed by atoms with Gasteiger partial charge in [-0.05, 0) is 25.0 Å². The van der Waals surface area contributed by atoms with Gasteiger partial charge in [-0.1, -0.05) is 58.4 Å². The molecule has 0 saturated carbocycles. The topological polar surface area (TPSA) is 138 Å². The number of esters is 1. The van der Waals surface area contributed by atoms with Crippen LogP contribution in [0.25, 0.3) is 0 Å². The number of hydrogen-bond donors (Lipinski definition) is 2. The van der Waals surface area contributed by atoms with Gasteiger partial charge in [0.2, 0.25) is 17.7 Å². The number of carbonyl (C=O) groups excluding carboxylic acids is 4. The number of aliphatic hydroxyl groups excluding tert-OH is 1. The third-order valence-electron chi connectivity index (χ3n) is 9.60. The molecule has 3 fully saturated rings. The van der Waals surface area contributed by atoms with Crippen LogP contribution >= 0.6 is 15.9 Å². The number of rotatable bonds is 6. The van der Waals surface area contributed by atoms with Crippen LogP contribution in [0.2, 0.25) is 0 Å². The Morgan fingerprint density at radius 2 is 1.83 bits per heavy atom. The number of ether oxygens (including phenoxy) is 3. The summed E-state index contributed by atoms with van der Waals surface area (Å²) in [4.78, 5) is 61.3. The molecule has 13 heteroatoms. The summed E-state index contributed by atoms with van der Waals surface area (Å²) < 4.78 is 18.4. The number of nitrogens with one attached hydrogen (secondary N) is 1. The number of halogens is 1. The molecule has 1 spiro atoms. The number of hydrogen-bond acceptors (Lipinski definition) is 9. The van der Waals surface area contributed by atoms with Crippen LogP contribution in [-0.4, -0.2) is 126 Å².